The Hall–Kier alpha value is -3.94. The Morgan fingerprint density at radius 3 is 1.00 bits per heavy atom. The second kappa shape index (κ2) is 12.2. The summed E-state index contributed by atoms with van der Waals surface area (Å²) >= 11 is 0. The van der Waals surface area contributed by atoms with Gasteiger partial charge < -0.3 is 10.2 Å². The van der Waals surface area contributed by atoms with Crippen LogP contribution in [0.4, 0.5) is 26.3 Å². The van der Waals surface area contributed by atoms with Crippen LogP contribution in [0.2, 0.25) is 0 Å². The van der Waals surface area contributed by atoms with Crippen molar-refractivity contribution in [1.82, 2.24) is 0 Å². The smallest absolute Gasteiger partial charge is 0.248 e. The number of hydrogen-bond acceptors (Lipinski definition) is 2. The molecule has 4 aromatic carbocycles. The Morgan fingerprint density at radius 1 is 0.409 bits per heavy atom. The SMILES string of the molecule is Oc1ccc(C2(c3ccccc3F)CCC(F)(F)CC2)cc1.Oc1ccc(C2(c3ccccc3F)CCC(F)(F)CC2)cc1. The first-order chi connectivity index (χ1) is 20.9. The predicted molar refractivity (Wildman–Crippen MR) is 157 cm³/mol. The molecule has 6 rings (SSSR count). The number of phenolic OH excluding ortho intramolecular Hbond substituents is 2. The van der Waals surface area contributed by atoms with Crippen molar-refractivity contribution < 1.29 is 36.6 Å². The molecule has 0 aromatic heterocycles. The maximum atomic E-state index is 14.3. The molecule has 0 amide bonds. The minimum Gasteiger partial charge on any atom is -0.508 e. The van der Waals surface area contributed by atoms with E-state index < -0.39 is 22.7 Å². The summed E-state index contributed by atoms with van der Waals surface area (Å²) in [7, 11) is 0. The van der Waals surface area contributed by atoms with Crippen molar-refractivity contribution in [1.29, 1.82) is 0 Å². The summed E-state index contributed by atoms with van der Waals surface area (Å²) in [4.78, 5) is 0. The largest absolute Gasteiger partial charge is 0.508 e. The molecular weight excluding hydrogens is 578 g/mol. The minimum absolute atomic E-state index is 0.105. The second-order valence-electron chi connectivity index (χ2n) is 11.9. The third-order valence-electron chi connectivity index (χ3n) is 9.29. The standard InChI is InChI=1S/2C18H17F3O/c2*19-16-4-2-1-3-15(16)17(9-11-18(20,21)12-10-17)13-5-7-14(22)8-6-13/h2*1-8,22H,9-12H2. The molecular formula is C36H34F6O2. The molecule has 0 saturated heterocycles. The van der Waals surface area contributed by atoms with Gasteiger partial charge in [0, 0.05) is 36.5 Å². The van der Waals surface area contributed by atoms with Crippen LogP contribution >= 0.6 is 0 Å². The van der Waals surface area contributed by atoms with Crippen molar-refractivity contribution in [3.8, 4) is 11.5 Å². The highest BCUT2D eigenvalue weighted by Gasteiger charge is 2.47. The highest BCUT2D eigenvalue weighted by atomic mass is 19.3. The van der Waals surface area contributed by atoms with E-state index in [9.17, 15) is 36.6 Å². The van der Waals surface area contributed by atoms with Crippen molar-refractivity contribution >= 4 is 0 Å². The van der Waals surface area contributed by atoms with Crippen LogP contribution in [-0.2, 0) is 10.8 Å². The Labute approximate surface area is 253 Å². The summed E-state index contributed by atoms with van der Waals surface area (Å²) in [5.41, 5.74) is 0.922. The first-order valence-corrected chi connectivity index (χ1v) is 14.7. The number of rotatable bonds is 4. The first kappa shape index (κ1) is 31.5. The molecule has 2 fully saturated rings. The second-order valence-corrected chi connectivity index (χ2v) is 11.9. The Morgan fingerprint density at radius 2 is 0.705 bits per heavy atom. The zero-order valence-corrected chi connectivity index (χ0v) is 24.1. The van der Waals surface area contributed by atoms with E-state index in [1.807, 2.05) is 0 Å². The maximum absolute atomic E-state index is 14.3. The molecule has 0 aliphatic heterocycles. The van der Waals surface area contributed by atoms with Gasteiger partial charge in [-0.25, -0.2) is 26.3 Å². The fourth-order valence-electron chi connectivity index (χ4n) is 6.77. The van der Waals surface area contributed by atoms with Crippen molar-refractivity contribution in [2.24, 2.45) is 0 Å². The van der Waals surface area contributed by atoms with Gasteiger partial charge in [-0.15, -0.1) is 0 Å². The molecule has 0 unspecified atom stereocenters. The molecule has 0 radical (unpaired) electrons. The number of phenols is 2. The summed E-state index contributed by atoms with van der Waals surface area (Å²) in [6, 6.07) is 25.6. The molecule has 2 aliphatic rings. The van der Waals surface area contributed by atoms with Crippen LogP contribution in [0.15, 0.2) is 97.1 Å². The van der Waals surface area contributed by atoms with Crippen LogP contribution in [0.1, 0.15) is 73.6 Å². The summed E-state index contributed by atoms with van der Waals surface area (Å²) in [6.45, 7) is 0. The van der Waals surface area contributed by atoms with Crippen molar-refractivity contribution in [3.63, 3.8) is 0 Å². The van der Waals surface area contributed by atoms with Crippen molar-refractivity contribution in [2.45, 2.75) is 74.0 Å². The highest BCUT2D eigenvalue weighted by Crippen LogP contribution is 2.51. The van der Waals surface area contributed by atoms with E-state index in [0.29, 0.717) is 11.1 Å². The van der Waals surface area contributed by atoms with E-state index >= 15 is 0 Å². The number of benzene rings is 4. The van der Waals surface area contributed by atoms with Gasteiger partial charge in [-0.05, 0) is 84.3 Å². The zero-order valence-electron chi connectivity index (χ0n) is 24.1. The molecule has 0 atom stereocenters. The molecule has 8 heteroatoms. The lowest BCUT2D eigenvalue weighted by Gasteiger charge is -2.41. The van der Waals surface area contributed by atoms with E-state index in [1.165, 1.54) is 36.4 Å². The maximum Gasteiger partial charge on any atom is 0.248 e. The Bertz CT molecular complexity index is 1430. The molecule has 232 valence electrons. The summed E-state index contributed by atoms with van der Waals surface area (Å²) < 4.78 is 83.1. The van der Waals surface area contributed by atoms with Gasteiger partial charge in [0.1, 0.15) is 23.1 Å². The molecule has 4 aromatic rings. The van der Waals surface area contributed by atoms with Gasteiger partial charge in [-0.2, -0.15) is 0 Å². The molecule has 2 N–H and O–H groups in total. The topological polar surface area (TPSA) is 40.5 Å². The van der Waals surface area contributed by atoms with E-state index in [-0.39, 0.29) is 74.5 Å². The van der Waals surface area contributed by atoms with Gasteiger partial charge >= 0.3 is 0 Å². The number of halogens is 6. The third kappa shape index (κ3) is 6.44. The lowest BCUT2D eigenvalue weighted by atomic mass is 9.64. The highest BCUT2D eigenvalue weighted by molar-refractivity contribution is 5.44. The number of aromatic hydroxyl groups is 2. The van der Waals surface area contributed by atoms with Crippen molar-refractivity contribution in [3.05, 3.63) is 131 Å². The van der Waals surface area contributed by atoms with Gasteiger partial charge in [0.15, 0.2) is 0 Å². The van der Waals surface area contributed by atoms with E-state index in [0.717, 1.165) is 11.1 Å². The van der Waals surface area contributed by atoms with E-state index in [1.54, 1.807) is 60.7 Å². The van der Waals surface area contributed by atoms with Gasteiger partial charge in [0.25, 0.3) is 0 Å². The average Bonchev–Trinajstić information content (AvgIpc) is 3.00. The van der Waals surface area contributed by atoms with Gasteiger partial charge in [-0.1, -0.05) is 60.7 Å². The first-order valence-electron chi connectivity index (χ1n) is 14.7. The number of hydrogen-bond donors (Lipinski definition) is 2. The van der Waals surface area contributed by atoms with Crippen LogP contribution < -0.4 is 0 Å². The molecule has 0 heterocycles. The van der Waals surface area contributed by atoms with E-state index in [4.69, 9.17) is 0 Å². The molecule has 0 spiro atoms. The van der Waals surface area contributed by atoms with Crippen LogP contribution in [0, 0.1) is 11.6 Å². The monoisotopic (exact) mass is 612 g/mol. The van der Waals surface area contributed by atoms with Crippen molar-refractivity contribution in [2.75, 3.05) is 0 Å². The fourth-order valence-corrected chi connectivity index (χ4v) is 6.77. The van der Waals surface area contributed by atoms with Gasteiger partial charge in [0.05, 0.1) is 0 Å². The molecule has 2 saturated carbocycles. The van der Waals surface area contributed by atoms with Crippen LogP contribution in [0.25, 0.3) is 0 Å². The lowest BCUT2D eigenvalue weighted by Crippen LogP contribution is -2.38. The Kier molecular flexibility index (Phi) is 8.74. The van der Waals surface area contributed by atoms with E-state index in [2.05, 4.69) is 0 Å². The summed E-state index contributed by atoms with van der Waals surface area (Å²) in [5.74, 6) is -5.92. The molecule has 2 aliphatic carbocycles. The predicted octanol–water partition coefficient (Wildman–Crippen LogP) is 10.1. The number of alkyl halides is 4. The van der Waals surface area contributed by atoms with Crippen LogP contribution in [0.3, 0.4) is 0 Å². The Balaban J connectivity index is 0.000000175. The normalized spacial score (nSPS) is 19.8. The fraction of sp³-hybridized carbons (Fsp3) is 0.333. The zero-order chi connectivity index (χ0) is 31.6. The summed E-state index contributed by atoms with van der Waals surface area (Å²) in [5, 5.41) is 18.9. The lowest BCUT2D eigenvalue weighted by molar-refractivity contribution is -0.0478. The molecule has 2 nitrogen and oxygen atoms in total. The van der Waals surface area contributed by atoms with Crippen LogP contribution in [-0.4, -0.2) is 22.1 Å². The average molecular weight is 613 g/mol. The molecule has 0 bridgehead atoms. The quantitative estimate of drug-likeness (QED) is 0.225. The third-order valence-corrected chi connectivity index (χ3v) is 9.29. The van der Waals surface area contributed by atoms with Gasteiger partial charge in [-0.3, -0.25) is 0 Å². The van der Waals surface area contributed by atoms with Gasteiger partial charge in [0.2, 0.25) is 11.8 Å². The molecule has 44 heavy (non-hydrogen) atoms. The minimum atomic E-state index is -2.69. The summed E-state index contributed by atoms with van der Waals surface area (Å²) in [6.07, 6.45) is -0.302. The van der Waals surface area contributed by atoms with Crippen LogP contribution in [0.5, 0.6) is 11.5 Å².